The van der Waals surface area contributed by atoms with E-state index in [2.05, 4.69) is 20.8 Å². The summed E-state index contributed by atoms with van der Waals surface area (Å²) in [6.07, 6.45) is 0. The number of aromatic nitrogens is 2. The van der Waals surface area contributed by atoms with Crippen LogP contribution in [0.1, 0.15) is 10.4 Å². The molecule has 2 N–H and O–H groups in total. The molecule has 3 rings (SSSR count). The smallest absolute Gasteiger partial charge is 0.257 e. The fourth-order valence-corrected chi connectivity index (χ4v) is 3.70. The van der Waals surface area contributed by atoms with Crippen molar-refractivity contribution in [2.45, 2.75) is 4.34 Å². The van der Waals surface area contributed by atoms with E-state index in [0.717, 1.165) is 11.3 Å². The van der Waals surface area contributed by atoms with Gasteiger partial charge in [0.05, 0.1) is 18.6 Å². The average molecular weight is 418 g/mol. The van der Waals surface area contributed by atoms with Gasteiger partial charge in [-0.15, -0.1) is 10.2 Å². The Morgan fingerprint density at radius 2 is 1.86 bits per heavy atom. The van der Waals surface area contributed by atoms with Crippen molar-refractivity contribution in [2.24, 2.45) is 0 Å². The van der Waals surface area contributed by atoms with E-state index in [4.69, 9.17) is 4.74 Å². The fourth-order valence-electron chi connectivity index (χ4n) is 2.15. The topological polar surface area (TPSA) is 93.2 Å². The van der Waals surface area contributed by atoms with Crippen molar-refractivity contribution in [3.8, 4) is 5.75 Å². The monoisotopic (exact) mass is 418 g/mol. The number of hydrogen-bond donors (Lipinski definition) is 2. The largest absolute Gasteiger partial charge is 0.495 e. The summed E-state index contributed by atoms with van der Waals surface area (Å²) in [5, 5.41) is 13.5. The highest BCUT2D eigenvalue weighted by Crippen LogP contribution is 2.27. The second-order valence-electron chi connectivity index (χ2n) is 5.37. The Kier molecular flexibility index (Phi) is 6.56. The third-order valence-corrected chi connectivity index (χ3v) is 5.41. The van der Waals surface area contributed by atoms with Crippen LogP contribution in [0, 0.1) is 5.82 Å². The molecule has 1 heterocycles. The lowest BCUT2D eigenvalue weighted by Crippen LogP contribution is -2.14. The van der Waals surface area contributed by atoms with Crippen LogP contribution in [0.3, 0.4) is 0 Å². The van der Waals surface area contributed by atoms with Crippen LogP contribution in [0.25, 0.3) is 0 Å². The number of halogens is 1. The first-order valence-corrected chi connectivity index (χ1v) is 9.81. The van der Waals surface area contributed by atoms with Gasteiger partial charge in [-0.05, 0) is 36.4 Å². The summed E-state index contributed by atoms with van der Waals surface area (Å²) in [5.41, 5.74) is 0.891. The van der Waals surface area contributed by atoms with E-state index in [1.807, 2.05) is 6.07 Å². The zero-order valence-electron chi connectivity index (χ0n) is 14.6. The zero-order chi connectivity index (χ0) is 19.9. The normalized spacial score (nSPS) is 10.4. The molecule has 0 radical (unpaired) electrons. The Labute approximate surface area is 168 Å². The molecule has 0 unspecified atom stereocenters. The molecule has 144 valence electrons. The number of thioether (sulfide) groups is 1. The van der Waals surface area contributed by atoms with Crippen LogP contribution in [0.5, 0.6) is 5.75 Å². The number of carbonyl (C=O) groups is 2. The SMILES string of the molecule is COc1ccccc1NC(=O)CSc1nnc(NC(=O)c2ccc(F)cc2)s1. The number of para-hydroxylation sites is 2. The molecular formula is C18H15FN4O3S2. The van der Waals surface area contributed by atoms with E-state index < -0.39 is 11.7 Å². The molecule has 2 amide bonds. The maximum absolute atomic E-state index is 12.9. The van der Waals surface area contributed by atoms with Crippen molar-refractivity contribution < 1.29 is 18.7 Å². The van der Waals surface area contributed by atoms with Gasteiger partial charge in [0.25, 0.3) is 5.91 Å². The molecule has 0 saturated heterocycles. The minimum absolute atomic E-state index is 0.124. The highest BCUT2D eigenvalue weighted by molar-refractivity contribution is 8.01. The average Bonchev–Trinajstić information content (AvgIpc) is 3.14. The van der Waals surface area contributed by atoms with Gasteiger partial charge in [-0.2, -0.15) is 0 Å². The Hall–Kier alpha value is -2.98. The molecule has 3 aromatic rings. The van der Waals surface area contributed by atoms with E-state index in [9.17, 15) is 14.0 Å². The maximum Gasteiger partial charge on any atom is 0.257 e. The van der Waals surface area contributed by atoms with Crippen LogP contribution in [0.15, 0.2) is 52.9 Å². The molecular weight excluding hydrogens is 403 g/mol. The first kappa shape index (κ1) is 19.8. The summed E-state index contributed by atoms with van der Waals surface area (Å²) >= 11 is 2.34. The van der Waals surface area contributed by atoms with Gasteiger partial charge >= 0.3 is 0 Å². The number of carbonyl (C=O) groups excluding carboxylic acids is 2. The number of benzene rings is 2. The quantitative estimate of drug-likeness (QED) is 0.449. The second kappa shape index (κ2) is 9.29. The van der Waals surface area contributed by atoms with Crippen LogP contribution in [-0.2, 0) is 4.79 Å². The predicted molar refractivity (Wildman–Crippen MR) is 107 cm³/mol. The fraction of sp³-hybridized carbons (Fsp3) is 0.111. The molecule has 0 aliphatic carbocycles. The molecule has 28 heavy (non-hydrogen) atoms. The van der Waals surface area contributed by atoms with Gasteiger partial charge in [0.15, 0.2) is 4.34 Å². The number of hydrogen-bond acceptors (Lipinski definition) is 7. The third kappa shape index (κ3) is 5.27. The number of anilines is 2. The number of methoxy groups -OCH3 is 1. The first-order valence-electron chi connectivity index (χ1n) is 8.01. The first-order chi connectivity index (χ1) is 13.5. The summed E-state index contributed by atoms with van der Waals surface area (Å²) < 4.78 is 18.6. The van der Waals surface area contributed by atoms with E-state index in [1.54, 1.807) is 18.2 Å². The van der Waals surface area contributed by atoms with Crippen molar-refractivity contribution in [3.63, 3.8) is 0 Å². The van der Waals surface area contributed by atoms with Crippen LogP contribution in [0.4, 0.5) is 15.2 Å². The summed E-state index contributed by atoms with van der Waals surface area (Å²) in [7, 11) is 1.53. The summed E-state index contributed by atoms with van der Waals surface area (Å²) in [5.74, 6) is -0.359. The predicted octanol–water partition coefficient (Wildman–Crippen LogP) is 3.67. The summed E-state index contributed by atoms with van der Waals surface area (Å²) in [6.45, 7) is 0. The highest BCUT2D eigenvalue weighted by atomic mass is 32.2. The Balaban J connectivity index is 1.52. The van der Waals surface area contributed by atoms with Crippen LogP contribution in [0.2, 0.25) is 0 Å². The molecule has 0 saturated carbocycles. The molecule has 0 aliphatic heterocycles. The van der Waals surface area contributed by atoms with Crippen molar-refractivity contribution in [1.82, 2.24) is 10.2 Å². The third-order valence-electron chi connectivity index (χ3n) is 3.44. The summed E-state index contributed by atoms with van der Waals surface area (Å²) in [6, 6.07) is 12.3. The summed E-state index contributed by atoms with van der Waals surface area (Å²) in [4.78, 5) is 24.2. The second-order valence-corrected chi connectivity index (χ2v) is 7.57. The maximum atomic E-state index is 12.9. The van der Waals surface area contributed by atoms with E-state index in [1.165, 1.54) is 43.1 Å². The van der Waals surface area contributed by atoms with Crippen molar-refractivity contribution in [3.05, 3.63) is 59.9 Å². The molecule has 10 heteroatoms. The molecule has 0 atom stereocenters. The van der Waals surface area contributed by atoms with Gasteiger partial charge in [-0.3, -0.25) is 14.9 Å². The standard InChI is InChI=1S/C18H15FN4O3S2/c1-26-14-5-3-2-4-13(14)20-15(24)10-27-18-23-22-17(28-18)21-16(25)11-6-8-12(19)9-7-11/h2-9H,10H2,1H3,(H,20,24)(H,21,22,25). The Morgan fingerprint density at radius 3 is 2.61 bits per heavy atom. The van der Waals surface area contributed by atoms with Crippen molar-refractivity contribution in [2.75, 3.05) is 23.5 Å². The molecule has 0 spiro atoms. The molecule has 0 bridgehead atoms. The minimum Gasteiger partial charge on any atom is -0.495 e. The van der Waals surface area contributed by atoms with Crippen LogP contribution in [-0.4, -0.2) is 34.9 Å². The van der Waals surface area contributed by atoms with Crippen molar-refractivity contribution >= 4 is 45.7 Å². The van der Waals surface area contributed by atoms with Crippen LogP contribution < -0.4 is 15.4 Å². The number of nitrogens with zero attached hydrogens (tertiary/aromatic N) is 2. The van der Waals surface area contributed by atoms with Gasteiger partial charge in [0.1, 0.15) is 11.6 Å². The molecule has 0 fully saturated rings. The Morgan fingerprint density at radius 1 is 1.11 bits per heavy atom. The number of nitrogens with one attached hydrogen (secondary N) is 2. The zero-order valence-corrected chi connectivity index (χ0v) is 16.3. The van der Waals surface area contributed by atoms with Crippen molar-refractivity contribution in [1.29, 1.82) is 0 Å². The van der Waals surface area contributed by atoms with E-state index in [0.29, 0.717) is 26.5 Å². The molecule has 2 aromatic carbocycles. The van der Waals surface area contributed by atoms with E-state index in [-0.39, 0.29) is 11.7 Å². The van der Waals surface area contributed by atoms with Crippen LogP contribution >= 0.6 is 23.1 Å². The lowest BCUT2D eigenvalue weighted by molar-refractivity contribution is -0.113. The lowest BCUT2D eigenvalue weighted by Gasteiger charge is -2.08. The van der Waals surface area contributed by atoms with Gasteiger partial charge in [0.2, 0.25) is 11.0 Å². The number of amides is 2. The number of rotatable bonds is 7. The van der Waals surface area contributed by atoms with Gasteiger partial charge < -0.3 is 10.1 Å². The molecule has 1 aromatic heterocycles. The molecule has 7 nitrogen and oxygen atoms in total. The molecule has 0 aliphatic rings. The van der Waals surface area contributed by atoms with Gasteiger partial charge in [-0.1, -0.05) is 35.2 Å². The number of ether oxygens (including phenoxy) is 1. The van der Waals surface area contributed by atoms with Gasteiger partial charge in [0, 0.05) is 5.56 Å². The minimum atomic E-state index is -0.419. The highest BCUT2D eigenvalue weighted by Gasteiger charge is 2.13. The lowest BCUT2D eigenvalue weighted by atomic mass is 10.2. The van der Waals surface area contributed by atoms with E-state index >= 15 is 0 Å². The van der Waals surface area contributed by atoms with Gasteiger partial charge in [-0.25, -0.2) is 4.39 Å². The Bertz CT molecular complexity index is 979.